The Balaban J connectivity index is 1.49. The Bertz CT molecular complexity index is 724. The van der Waals surface area contributed by atoms with Gasteiger partial charge in [-0.1, -0.05) is 12.1 Å². The minimum atomic E-state index is -3.22. The standard InChI is InChI=1S/C16H19NO3S2/c18-22(19,17-7-3-14-5-9-21-12-14)10-6-13-1-2-16-15(11-13)4-8-20-16/h1-2,5,9,11-12,17H,3-4,6-8,10H2. The van der Waals surface area contributed by atoms with Gasteiger partial charge in [0.15, 0.2) is 0 Å². The molecule has 1 aliphatic rings. The summed E-state index contributed by atoms with van der Waals surface area (Å²) in [5, 5.41) is 4.04. The zero-order chi connectivity index (χ0) is 15.4. The molecule has 0 atom stereocenters. The molecule has 0 spiro atoms. The van der Waals surface area contributed by atoms with Crippen LogP contribution in [0.5, 0.6) is 5.75 Å². The van der Waals surface area contributed by atoms with Crippen LogP contribution in [0.25, 0.3) is 0 Å². The molecule has 22 heavy (non-hydrogen) atoms. The Morgan fingerprint density at radius 1 is 1.18 bits per heavy atom. The zero-order valence-corrected chi connectivity index (χ0v) is 13.9. The molecule has 118 valence electrons. The molecule has 2 aromatic rings. The maximum atomic E-state index is 12.0. The van der Waals surface area contributed by atoms with Crippen molar-refractivity contribution in [2.75, 3.05) is 18.9 Å². The molecular formula is C16H19NO3S2. The summed E-state index contributed by atoms with van der Waals surface area (Å²) < 4.78 is 32.2. The van der Waals surface area contributed by atoms with Gasteiger partial charge >= 0.3 is 0 Å². The van der Waals surface area contributed by atoms with Gasteiger partial charge in [-0.05, 0) is 52.4 Å². The number of hydrogen-bond acceptors (Lipinski definition) is 4. The lowest BCUT2D eigenvalue weighted by atomic mass is 10.1. The van der Waals surface area contributed by atoms with Crippen molar-refractivity contribution in [3.05, 3.63) is 51.7 Å². The summed E-state index contributed by atoms with van der Waals surface area (Å²) in [7, 11) is -3.22. The first-order chi connectivity index (χ1) is 10.6. The molecule has 0 saturated heterocycles. The predicted octanol–water partition coefficient (Wildman–Crippen LogP) is 2.39. The highest BCUT2D eigenvalue weighted by atomic mass is 32.2. The number of nitrogens with one attached hydrogen (secondary N) is 1. The molecule has 2 heterocycles. The lowest BCUT2D eigenvalue weighted by Crippen LogP contribution is -2.29. The summed E-state index contributed by atoms with van der Waals surface area (Å²) in [6, 6.07) is 7.97. The van der Waals surface area contributed by atoms with Gasteiger partial charge < -0.3 is 4.74 Å². The highest BCUT2D eigenvalue weighted by Crippen LogP contribution is 2.26. The van der Waals surface area contributed by atoms with E-state index in [1.54, 1.807) is 11.3 Å². The fourth-order valence-electron chi connectivity index (χ4n) is 2.51. The van der Waals surface area contributed by atoms with E-state index < -0.39 is 10.0 Å². The molecule has 0 saturated carbocycles. The molecule has 0 amide bonds. The number of ether oxygens (including phenoxy) is 1. The SMILES string of the molecule is O=S(=O)(CCc1ccc2c(c1)CCO2)NCCc1ccsc1. The molecule has 3 rings (SSSR count). The average Bonchev–Trinajstić information content (AvgIpc) is 3.15. The lowest BCUT2D eigenvalue weighted by molar-refractivity contribution is 0.357. The molecule has 0 fully saturated rings. The van der Waals surface area contributed by atoms with E-state index in [1.165, 1.54) is 11.1 Å². The molecule has 0 aliphatic carbocycles. The number of rotatable bonds is 7. The van der Waals surface area contributed by atoms with Gasteiger partial charge in [0.2, 0.25) is 10.0 Å². The van der Waals surface area contributed by atoms with E-state index in [9.17, 15) is 8.42 Å². The van der Waals surface area contributed by atoms with Crippen LogP contribution in [0.4, 0.5) is 0 Å². The van der Waals surface area contributed by atoms with Crippen LogP contribution in [0.2, 0.25) is 0 Å². The second kappa shape index (κ2) is 6.81. The minimum absolute atomic E-state index is 0.121. The third-order valence-electron chi connectivity index (χ3n) is 3.73. The second-order valence-electron chi connectivity index (χ2n) is 5.39. The van der Waals surface area contributed by atoms with E-state index in [4.69, 9.17) is 4.74 Å². The molecule has 1 aromatic carbocycles. The van der Waals surface area contributed by atoms with Crippen molar-refractivity contribution in [1.82, 2.24) is 4.72 Å². The quantitative estimate of drug-likeness (QED) is 0.844. The van der Waals surface area contributed by atoms with Crippen molar-refractivity contribution >= 4 is 21.4 Å². The van der Waals surface area contributed by atoms with Crippen LogP contribution in [-0.4, -0.2) is 27.3 Å². The van der Waals surface area contributed by atoms with Crippen LogP contribution in [0.15, 0.2) is 35.0 Å². The first-order valence-corrected chi connectivity index (χ1v) is 9.95. The number of hydrogen-bond donors (Lipinski definition) is 1. The van der Waals surface area contributed by atoms with Gasteiger partial charge in [0, 0.05) is 13.0 Å². The molecule has 0 radical (unpaired) electrons. The fraction of sp³-hybridized carbons (Fsp3) is 0.375. The highest BCUT2D eigenvalue weighted by molar-refractivity contribution is 7.89. The summed E-state index contributed by atoms with van der Waals surface area (Å²) in [5.41, 5.74) is 3.40. The number of thiophene rings is 1. The Hall–Kier alpha value is -1.37. The minimum Gasteiger partial charge on any atom is -0.493 e. The topological polar surface area (TPSA) is 55.4 Å². The van der Waals surface area contributed by atoms with Crippen LogP contribution in [0.3, 0.4) is 0 Å². The summed E-state index contributed by atoms with van der Waals surface area (Å²) in [4.78, 5) is 0. The van der Waals surface area contributed by atoms with Gasteiger partial charge in [0.05, 0.1) is 12.4 Å². The first kappa shape index (κ1) is 15.5. The van der Waals surface area contributed by atoms with Crippen molar-refractivity contribution in [2.45, 2.75) is 19.3 Å². The maximum absolute atomic E-state index is 12.0. The lowest BCUT2D eigenvalue weighted by Gasteiger charge is -2.07. The monoisotopic (exact) mass is 337 g/mol. The van der Waals surface area contributed by atoms with E-state index in [0.717, 1.165) is 30.8 Å². The van der Waals surface area contributed by atoms with Gasteiger partial charge in [-0.15, -0.1) is 0 Å². The maximum Gasteiger partial charge on any atom is 0.211 e. The van der Waals surface area contributed by atoms with Crippen LogP contribution < -0.4 is 9.46 Å². The van der Waals surface area contributed by atoms with Gasteiger partial charge in [0.1, 0.15) is 5.75 Å². The van der Waals surface area contributed by atoms with E-state index in [0.29, 0.717) is 13.0 Å². The summed E-state index contributed by atoms with van der Waals surface area (Å²) in [6.07, 6.45) is 2.18. The van der Waals surface area contributed by atoms with Crippen molar-refractivity contribution in [2.24, 2.45) is 0 Å². The number of aryl methyl sites for hydroxylation is 1. The zero-order valence-electron chi connectivity index (χ0n) is 12.2. The molecule has 4 nitrogen and oxygen atoms in total. The van der Waals surface area contributed by atoms with Gasteiger partial charge in [0.25, 0.3) is 0 Å². The largest absolute Gasteiger partial charge is 0.493 e. The van der Waals surface area contributed by atoms with E-state index in [1.807, 2.05) is 29.0 Å². The van der Waals surface area contributed by atoms with Crippen LogP contribution in [-0.2, 0) is 29.3 Å². The second-order valence-corrected chi connectivity index (χ2v) is 8.09. The normalized spacial score (nSPS) is 13.8. The summed E-state index contributed by atoms with van der Waals surface area (Å²) in [5.74, 6) is 1.05. The van der Waals surface area contributed by atoms with E-state index >= 15 is 0 Å². The Kier molecular flexibility index (Phi) is 4.81. The van der Waals surface area contributed by atoms with Crippen LogP contribution >= 0.6 is 11.3 Å². The molecular weight excluding hydrogens is 318 g/mol. The Morgan fingerprint density at radius 3 is 2.91 bits per heavy atom. The molecule has 0 bridgehead atoms. The third kappa shape index (κ3) is 4.09. The third-order valence-corrected chi connectivity index (χ3v) is 5.85. The Morgan fingerprint density at radius 2 is 2.09 bits per heavy atom. The fourth-order valence-corrected chi connectivity index (χ4v) is 4.27. The van der Waals surface area contributed by atoms with E-state index in [2.05, 4.69) is 10.8 Å². The van der Waals surface area contributed by atoms with E-state index in [-0.39, 0.29) is 5.75 Å². The van der Waals surface area contributed by atoms with Crippen LogP contribution in [0.1, 0.15) is 16.7 Å². The first-order valence-electron chi connectivity index (χ1n) is 7.35. The molecule has 0 unspecified atom stereocenters. The van der Waals surface area contributed by atoms with Gasteiger partial charge in [-0.25, -0.2) is 13.1 Å². The summed E-state index contributed by atoms with van der Waals surface area (Å²) in [6.45, 7) is 1.18. The molecule has 1 aromatic heterocycles. The number of fused-ring (bicyclic) bond motifs is 1. The predicted molar refractivity (Wildman–Crippen MR) is 89.2 cm³/mol. The number of sulfonamides is 1. The number of benzene rings is 1. The average molecular weight is 337 g/mol. The smallest absolute Gasteiger partial charge is 0.211 e. The van der Waals surface area contributed by atoms with Crippen molar-refractivity contribution in [1.29, 1.82) is 0 Å². The van der Waals surface area contributed by atoms with Gasteiger partial charge in [-0.2, -0.15) is 11.3 Å². The highest BCUT2D eigenvalue weighted by Gasteiger charge is 2.14. The summed E-state index contributed by atoms with van der Waals surface area (Å²) >= 11 is 1.63. The molecule has 1 aliphatic heterocycles. The van der Waals surface area contributed by atoms with Crippen LogP contribution in [0, 0.1) is 0 Å². The molecule has 1 N–H and O–H groups in total. The van der Waals surface area contributed by atoms with Gasteiger partial charge in [-0.3, -0.25) is 0 Å². The van der Waals surface area contributed by atoms with Crippen molar-refractivity contribution < 1.29 is 13.2 Å². The molecule has 6 heteroatoms. The van der Waals surface area contributed by atoms with Crippen molar-refractivity contribution in [3.63, 3.8) is 0 Å². The van der Waals surface area contributed by atoms with Crippen molar-refractivity contribution in [3.8, 4) is 5.75 Å². The Labute approximate surface area is 135 Å².